The molecule has 94 valence electrons. The third kappa shape index (κ3) is 2.37. The fourth-order valence-corrected chi connectivity index (χ4v) is 2.20. The number of aromatic nitrogens is 4. The molecule has 3 aromatic rings. The Morgan fingerprint density at radius 3 is 2.63 bits per heavy atom. The molecule has 3 rings (SSSR count). The van der Waals surface area contributed by atoms with Crippen LogP contribution in [0.2, 0.25) is 0 Å². The highest BCUT2D eigenvalue weighted by molar-refractivity contribution is 7.98. The van der Waals surface area contributed by atoms with Gasteiger partial charge in [0, 0.05) is 24.2 Å². The molecular formula is C14H12N4S. The second-order valence-corrected chi connectivity index (χ2v) is 4.66. The minimum atomic E-state index is 0.755. The van der Waals surface area contributed by atoms with Gasteiger partial charge in [0.05, 0.1) is 0 Å². The number of benzene rings is 1. The smallest absolute Gasteiger partial charge is 0.189 e. The van der Waals surface area contributed by atoms with Crippen molar-refractivity contribution in [3.63, 3.8) is 0 Å². The van der Waals surface area contributed by atoms with Gasteiger partial charge in [-0.3, -0.25) is 4.57 Å². The Labute approximate surface area is 115 Å². The summed E-state index contributed by atoms with van der Waals surface area (Å²) >= 11 is 1.53. The summed E-state index contributed by atoms with van der Waals surface area (Å²) in [6, 6.07) is 12.0. The van der Waals surface area contributed by atoms with E-state index in [0.29, 0.717) is 0 Å². The SMILES string of the molecule is CSc1nccc(-n2ccnc2-c2ccccc2)n1. The van der Waals surface area contributed by atoms with Gasteiger partial charge in [-0.15, -0.1) is 0 Å². The second-order valence-electron chi connectivity index (χ2n) is 3.89. The molecule has 1 aromatic carbocycles. The van der Waals surface area contributed by atoms with Gasteiger partial charge in [0.2, 0.25) is 0 Å². The Morgan fingerprint density at radius 1 is 1.00 bits per heavy atom. The number of imidazole rings is 1. The molecule has 0 radical (unpaired) electrons. The summed E-state index contributed by atoms with van der Waals surface area (Å²) in [7, 11) is 0. The molecule has 4 nitrogen and oxygen atoms in total. The van der Waals surface area contributed by atoms with Gasteiger partial charge in [0.15, 0.2) is 5.16 Å². The first-order valence-electron chi connectivity index (χ1n) is 5.84. The van der Waals surface area contributed by atoms with Crippen LogP contribution in [0, 0.1) is 0 Å². The van der Waals surface area contributed by atoms with Crippen molar-refractivity contribution in [1.82, 2.24) is 19.5 Å². The van der Waals surface area contributed by atoms with Crippen molar-refractivity contribution >= 4 is 11.8 Å². The maximum atomic E-state index is 4.49. The number of hydrogen-bond acceptors (Lipinski definition) is 4. The molecule has 0 amide bonds. The minimum Gasteiger partial charge on any atom is -0.284 e. The molecule has 5 heteroatoms. The van der Waals surface area contributed by atoms with Crippen molar-refractivity contribution in [2.75, 3.05) is 6.26 Å². The van der Waals surface area contributed by atoms with E-state index in [1.54, 1.807) is 12.4 Å². The Morgan fingerprint density at radius 2 is 1.84 bits per heavy atom. The molecule has 0 atom stereocenters. The van der Waals surface area contributed by atoms with Gasteiger partial charge in [-0.25, -0.2) is 15.0 Å². The van der Waals surface area contributed by atoms with Crippen LogP contribution >= 0.6 is 11.8 Å². The molecule has 0 N–H and O–H groups in total. The van der Waals surface area contributed by atoms with E-state index in [2.05, 4.69) is 15.0 Å². The Bertz CT molecular complexity index is 679. The fraction of sp³-hybridized carbons (Fsp3) is 0.0714. The fourth-order valence-electron chi connectivity index (χ4n) is 1.85. The van der Waals surface area contributed by atoms with E-state index in [0.717, 1.165) is 22.4 Å². The van der Waals surface area contributed by atoms with Crippen LogP contribution in [0.25, 0.3) is 17.2 Å². The summed E-state index contributed by atoms with van der Waals surface area (Å²) in [5.74, 6) is 1.71. The van der Waals surface area contributed by atoms with Gasteiger partial charge in [-0.1, -0.05) is 42.1 Å². The molecule has 0 aliphatic rings. The molecule has 0 saturated carbocycles. The van der Waals surface area contributed by atoms with E-state index in [-0.39, 0.29) is 0 Å². The molecule has 0 aliphatic carbocycles. The summed E-state index contributed by atoms with van der Waals surface area (Å²) < 4.78 is 1.97. The van der Waals surface area contributed by atoms with E-state index in [1.807, 2.05) is 53.4 Å². The minimum absolute atomic E-state index is 0.755. The predicted octanol–water partition coefficient (Wildman–Crippen LogP) is 3.05. The summed E-state index contributed by atoms with van der Waals surface area (Å²) in [5.41, 5.74) is 1.07. The lowest BCUT2D eigenvalue weighted by molar-refractivity contribution is 0.894. The van der Waals surface area contributed by atoms with Gasteiger partial charge in [0.1, 0.15) is 11.6 Å². The maximum absolute atomic E-state index is 4.49. The molecule has 0 fully saturated rings. The number of rotatable bonds is 3. The highest BCUT2D eigenvalue weighted by atomic mass is 32.2. The molecule has 0 bridgehead atoms. The van der Waals surface area contributed by atoms with Gasteiger partial charge < -0.3 is 0 Å². The van der Waals surface area contributed by atoms with Crippen LogP contribution < -0.4 is 0 Å². The monoisotopic (exact) mass is 268 g/mol. The van der Waals surface area contributed by atoms with Crippen LogP contribution in [-0.4, -0.2) is 25.8 Å². The Balaban J connectivity index is 2.09. The maximum Gasteiger partial charge on any atom is 0.189 e. The highest BCUT2D eigenvalue weighted by Crippen LogP contribution is 2.20. The first kappa shape index (κ1) is 11.9. The molecule has 0 spiro atoms. The van der Waals surface area contributed by atoms with Crippen molar-refractivity contribution in [2.45, 2.75) is 5.16 Å². The van der Waals surface area contributed by atoms with Crippen LogP contribution in [-0.2, 0) is 0 Å². The number of thioether (sulfide) groups is 1. The van der Waals surface area contributed by atoms with Crippen LogP contribution in [0.5, 0.6) is 0 Å². The first-order chi connectivity index (χ1) is 9.38. The molecule has 0 saturated heterocycles. The summed E-state index contributed by atoms with van der Waals surface area (Å²) in [4.78, 5) is 13.1. The summed E-state index contributed by atoms with van der Waals surface area (Å²) in [5, 5.41) is 0.755. The number of hydrogen-bond donors (Lipinski definition) is 0. The van der Waals surface area contributed by atoms with Crippen molar-refractivity contribution < 1.29 is 0 Å². The van der Waals surface area contributed by atoms with Crippen LogP contribution in [0.15, 0.2) is 60.1 Å². The molecule has 0 aliphatic heterocycles. The lowest BCUT2D eigenvalue weighted by atomic mass is 10.2. The highest BCUT2D eigenvalue weighted by Gasteiger charge is 2.08. The molecular weight excluding hydrogens is 256 g/mol. The van der Waals surface area contributed by atoms with Crippen molar-refractivity contribution in [1.29, 1.82) is 0 Å². The Kier molecular flexibility index (Phi) is 3.29. The van der Waals surface area contributed by atoms with Gasteiger partial charge in [-0.2, -0.15) is 0 Å². The van der Waals surface area contributed by atoms with E-state index in [9.17, 15) is 0 Å². The van der Waals surface area contributed by atoms with Crippen LogP contribution in [0.4, 0.5) is 0 Å². The second kappa shape index (κ2) is 5.24. The topological polar surface area (TPSA) is 43.6 Å². The molecule has 19 heavy (non-hydrogen) atoms. The van der Waals surface area contributed by atoms with Crippen molar-refractivity contribution in [2.24, 2.45) is 0 Å². The van der Waals surface area contributed by atoms with E-state index in [4.69, 9.17) is 0 Å². The van der Waals surface area contributed by atoms with Gasteiger partial charge >= 0.3 is 0 Å². The Hall–Kier alpha value is -2.14. The van der Waals surface area contributed by atoms with E-state index < -0.39 is 0 Å². The van der Waals surface area contributed by atoms with Gasteiger partial charge in [0.25, 0.3) is 0 Å². The zero-order valence-corrected chi connectivity index (χ0v) is 11.2. The number of nitrogens with zero attached hydrogens (tertiary/aromatic N) is 4. The normalized spacial score (nSPS) is 10.6. The van der Waals surface area contributed by atoms with Crippen LogP contribution in [0.1, 0.15) is 0 Å². The quantitative estimate of drug-likeness (QED) is 0.541. The van der Waals surface area contributed by atoms with Crippen molar-refractivity contribution in [3.8, 4) is 17.2 Å². The summed E-state index contributed by atoms with van der Waals surface area (Å²) in [6.45, 7) is 0. The molecule has 2 aromatic heterocycles. The zero-order valence-electron chi connectivity index (χ0n) is 10.4. The van der Waals surface area contributed by atoms with Gasteiger partial charge in [-0.05, 0) is 12.3 Å². The summed E-state index contributed by atoms with van der Waals surface area (Å²) in [6.07, 6.45) is 7.42. The van der Waals surface area contributed by atoms with Crippen LogP contribution in [0.3, 0.4) is 0 Å². The third-order valence-corrected chi connectivity index (χ3v) is 3.28. The first-order valence-corrected chi connectivity index (χ1v) is 7.07. The van der Waals surface area contributed by atoms with E-state index in [1.165, 1.54) is 11.8 Å². The third-order valence-electron chi connectivity index (χ3n) is 2.72. The average molecular weight is 268 g/mol. The average Bonchev–Trinajstić information content (AvgIpc) is 2.98. The van der Waals surface area contributed by atoms with E-state index >= 15 is 0 Å². The molecule has 2 heterocycles. The lowest BCUT2D eigenvalue weighted by Crippen LogP contribution is -2.00. The lowest BCUT2D eigenvalue weighted by Gasteiger charge is -2.07. The molecule has 0 unspecified atom stereocenters. The largest absolute Gasteiger partial charge is 0.284 e. The standard InChI is InChI=1S/C14H12N4S/c1-19-14-16-8-7-12(17-14)18-10-9-15-13(18)11-5-3-2-4-6-11/h2-10H,1H3. The predicted molar refractivity (Wildman–Crippen MR) is 76.4 cm³/mol. The van der Waals surface area contributed by atoms with Crippen molar-refractivity contribution in [3.05, 3.63) is 55.0 Å². The zero-order chi connectivity index (χ0) is 13.1.